The highest BCUT2D eigenvalue weighted by molar-refractivity contribution is 6.10. The number of nitrogens with zero attached hydrogens (tertiary/aromatic N) is 2. The van der Waals surface area contributed by atoms with Crippen molar-refractivity contribution in [2.24, 2.45) is 0 Å². The zero-order valence-corrected chi connectivity index (χ0v) is 18.5. The number of carbonyl (C=O) groups is 1. The van der Waals surface area contributed by atoms with E-state index in [9.17, 15) is 15.0 Å². The van der Waals surface area contributed by atoms with Crippen LogP contribution in [0.2, 0.25) is 0 Å². The molecular formula is C27H23N3O3. The maximum atomic E-state index is 11.3. The molecule has 0 fully saturated rings. The highest BCUT2D eigenvalue weighted by Gasteiger charge is 2.16. The second-order valence-corrected chi connectivity index (χ2v) is 9.18. The van der Waals surface area contributed by atoms with Gasteiger partial charge in [-0.3, -0.25) is 0 Å². The van der Waals surface area contributed by atoms with Crippen LogP contribution in [0.15, 0.2) is 66.7 Å². The van der Waals surface area contributed by atoms with Gasteiger partial charge in [-0.2, -0.15) is 0 Å². The number of hydrogen-bond donors (Lipinski definition) is 3. The van der Waals surface area contributed by atoms with Crippen molar-refractivity contribution >= 4 is 27.8 Å². The van der Waals surface area contributed by atoms with Crippen LogP contribution in [0.1, 0.15) is 36.7 Å². The highest BCUT2D eigenvalue weighted by Crippen LogP contribution is 2.34. The van der Waals surface area contributed by atoms with Crippen LogP contribution in [0.3, 0.4) is 0 Å². The van der Waals surface area contributed by atoms with Gasteiger partial charge in [0.2, 0.25) is 0 Å². The number of imidazole rings is 1. The number of carboxylic acids is 1. The molecule has 0 aliphatic rings. The third kappa shape index (κ3) is 3.69. The summed E-state index contributed by atoms with van der Waals surface area (Å²) in [7, 11) is 0. The number of phenolic OH excluding ortho intramolecular Hbond substituents is 1. The minimum atomic E-state index is -1.09. The number of rotatable bonds is 3. The van der Waals surface area contributed by atoms with Crippen LogP contribution < -0.4 is 0 Å². The van der Waals surface area contributed by atoms with Crippen molar-refractivity contribution in [2.45, 2.75) is 26.2 Å². The van der Waals surface area contributed by atoms with Crippen LogP contribution in [0, 0.1) is 0 Å². The van der Waals surface area contributed by atoms with Crippen LogP contribution in [0.5, 0.6) is 5.75 Å². The van der Waals surface area contributed by atoms with E-state index in [1.807, 2.05) is 24.3 Å². The Bertz CT molecular complexity index is 1530. The first-order chi connectivity index (χ1) is 15.7. The van der Waals surface area contributed by atoms with Crippen molar-refractivity contribution in [3.63, 3.8) is 0 Å². The normalized spacial score (nSPS) is 11.8. The van der Waals surface area contributed by atoms with E-state index in [1.54, 1.807) is 6.07 Å². The fraction of sp³-hybridized carbons (Fsp3) is 0.148. The summed E-state index contributed by atoms with van der Waals surface area (Å²) >= 11 is 0. The number of carboxylic acid groups (broad SMARTS) is 1. The Morgan fingerprint density at radius 2 is 1.64 bits per heavy atom. The standard InChI is InChI=1S/C27H23N3O3/c1-27(2,3)18-10-7-15(8-11-18)19-5-4-6-21(28-19)25-29-20-12-9-16-13-17(26(32)33)14-22(31)23(16)24(20)30-25/h4-14,31H,1-3H3,(H,29,30)(H,32,33). The highest BCUT2D eigenvalue weighted by atomic mass is 16.4. The van der Waals surface area contributed by atoms with Crippen molar-refractivity contribution < 1.29 is 15.0 Å². The number of phenols is 1. The Labute approximate surface area is 190 Å². The maximum Gasteiger partial charge on any atom is 0.335 e. The maximum absolute atomic E-state index is 11.3. The zero-order chi connectivity index (χ0) is 23.3. The number of aromatic carboxylic acids is 1. The van der Waals surface area contributed by atoms with Crippen LogP contribution in [-0.4, -0.2) is 31.1 Å². The van der Waals surface area contributed by atoms with Crippen LogP contribution >= 0.6 is 0 Å². The summed E-state index contributed by atoms with van der Waals surface area (Å²) in [6.07, 6.45) is 0. The third-order valence-electron chi connectivity index (χ3n) is 5.83. The molecule has 0 aliphatic heterocycles. The number of H-pyrrole nitrogens is 1. The van der Waals surface area contributed by atoms with E-state index in [4.69, 9.17) is 9.97 Å². The van der Waals surface area contributed by atoms with Gasteiger partial charge in [0, 0.05) is 5.56 Å². The zero-order valence-electron chi connectivity index (χ0n) is 18.5. The Morgan fingerprint density at radius 1 is 0.909 bits per heavy atom. The minimum absolute atomic E-state index is 0.0296. The lowest BCUT2D eigenvalue weighted by Crippen LogP contribution is -2.10. The monoisotopic (exact) mass is 437 g/mol. The lowest BCUT2D eigenvalue weighted by atomic mass is 9.86. The van der Waals surface area contributed by atoms with Crippen molar-refractivity contribution in [3.8, 4) is 28.5 Å². The number of aromatic nitrogens is 3. The molecule has 3 aromatic carbocycles. The molecule has 0 bridgehead atoms. The van der Waals surface area contributed by atoms with Gasteiger partial charge in [0.25, 0.3) is 0 Å². The van der Waals surface area contributed by atoms with Crippen LogP contribution in [0.4, 0.5) is 0 Å². The number of benzene rings is 3. The molecule has 2 aromatic heterocycles. The lowest BCUT2D eigenvalue weighted by molar-refractivity contribution is 0.0696. The van der Waals surface area contributed by atoms with E-state index in [2.05, 4.69) is 50.0 Å². The molecule has 33 heavy (non-hydrogen) atoms. The number of hydrogen-bond acceptors (Lipinski definition) is 4. The van der Waals surface area contributed by atoms with E-state index in [0.717, 1.165) is 16.8 Å². The molecule has 0 unspecified atom stereocenters. The largest absolute Gasteiger partial charge is 0.507 e. The first-order valence-electron chi connectivity index (χ1n) is 10.7. The molecule has 3 N–H and O–H groups in total. The second kappa shape index (κ2) is 7.45. The van der Waals surface area contributed by atoms with Crippen molar-refractivity contribution in [3.05, 3.63) is 77.9 Å². The van der Waals surface area contributed by atoms with E-state index in [1.165, 1.54) is 17.7 Å². The Kier molecular flexibility index (Phi) is 4.67. The third-order valence-corrected chi connectivity index (χ3v) is 5.83. The molecule has 0 amide bonds. The molecule has 6 nitrogen and oxygen atoms in total. The van der Waals surface area contributed by atoms with Crippen molar-refractivity contribution in [2.75, 3.05) is 0 Å². The van der Waals surface area contributed by atoms with Crippen molar-refractivity contribution in [1.29, 1.82) is 0 Å². The number of nitrogens with one attached hydrogen (secondary N) is 1. The summed E-state index contributed by atoms with van der Waals surface area (Å²) in [6, 6.07) is 20.6. The Balaban J connectivity index is 1.58. The summed E-state index contributed by atoms with van der Waals surface area (Å²) in [5.41, 5.74) is 5.22. The summed E-state index contributed by atoms with van der Waals surface area (Å²) in [5, 5.41) is 20.9. The molecule has 5 aromatic rings. The van der Waals surface area contributed by atoms with Gasteiger partial charge in [0.15, 0.2) is 5.82 Å². The van der Waals surface area contributed by atoms with E-state index >= 15 is 0 Å². The van der Waals surface area contributed by atoms with Gasteiger partial charge in [-0.05, 0) is 46.7 Å². The fourth-order valence-corrected chi connectivity index (χ4v) is 4.02. The lowest BCUT2D eigenvalue weighted by Gasteiger charge is -2.19. The van der Waals surface area contributed by atoms with Gasteiger partial charge in [0.1, 0.15) is 17.0 Å². The van der Waals surface area contributed by atoms with Gasteiger partial charge < -0.3 is 15.2 Å². The molecule has 0 aliphatic carbocycles. The Morgan fingerprint density at radius 3 is 2.33 bits per heavy atom. The number of aromatic amines is 1. The molecule has 6 heteroatoms. The number of fused-ring (bicyclic) bond motifs is 3. The predicted octanol–water partition coefficient (Wildman–Crippen LogP) is 6.15. The van der Waals surface area contributed by atoms with E-state index in [0.29, 0.717) is 27.8 Å². The van der Waals surface area contributed by atoms with E-state index < -0.39 is 5.97 Å². The molecule has 0 atom stereocenters. The van der Waals surface area contributed by atoms with Gasteiger partial charge in [-0.1, -0.05) is 57.2 Å². The van der Waals surface area contributed by atoms with Gasteiger partial charge >= 0.3 is 5.97 Å². The average molecular weight is 437 g/mol. The first-order valence-corrected chi connectivity index (χ1v) is 10.7. The minimum Gasteiger partial charge on any atom is -0.507 e. The van der Waals surface area contributed by atoms with E-state index in [-0.39, 0.29) is 16.7 Å². The number of pyridine rings is 1. The molecule has 0 radical (unpaired) electrons. The predicted molar refractivity (Wildman–Crippen MR) is 130 cm³/mol. The summed E-state index contributed by atoms with van der Waals surface area (Å²) in [5.74, 6) is -0.631. The summed E-state index contributed by atoms with van der Waals surface area (Å²) < 4.78 is 0. The molecule has 0 spiro atoms. The topological polar surface area (TPSA) is 99.1 Å². The van der Waals surface area contributed by atoms with Crippen molar-refractivity contribution in [1.82, 2.24) is 15.0 Å². The fourth-order valence-electron chi connectivity index (χ4n) is 4.02. The van der Waals surface area contributed by atoms with Gasteiger partial charge in [-0.15, -0.1) is 0 Å². The summed E-state index contributed by atoms with van der Waals surface area (Å²) in [4.78, 5) is 24.1. The smallest absolute Gasteiger partial charge is 0.335 e. The molecular weight excluding hydrogens is 414 g/mol. The quantitative estimate of drug-likeness (QED) is 0.315. The van der Waals surface area contributed by atoms with Crippen LogP contribution in [0.25, 0.3) is 44.6 Å². The molecule has 2 heterocycles. The second-order valence-electron chi connectivity index (χ2n) is 9.18. The molecule has 5 rings (SSSR count). The van der Waals surface area contributed by atoms with Gasteiger partial charge in [-0.25, -0.2) is 14.8 Å². The molecule has 164 valence electrons. The van der Waals surface area contributed by atoms with Crippen LogP contribution in [-0.2, 0) is 5.41 Å². The average Bonchev–Trinajstić information content (AvgIpc) is 3.23. The SMILES string of the molecule is CC(C)(C)c1ccc(-c2cccc(-c3nc4c(ccc5cc(C(=O)O)cc(O)c54)[nH]3)n2)cc1. The number of aromatic hydroxyl groups is 1. The first kappa shape index (κ1) is 20.7. The summed E-state index contributed by atoms with van der Waals surface area (Å²) in [6.45, 7) is 6.56. The Hall–Kier alpha value is -4.19. The molecule has 0 saturated heterocycles. The molecule has 0 saturated carbocycles. The van der Waals surface area contributed by atoms with Gasteiger partial charge in [0.05, 0.1) is 22.2 Å².